The van der Waals surface area contributed by atoms with E-state index in [2.05, 4.69) is 39.9 Å². The van der Waals surface area contributed by atoms with Crippen LogP contribution in [0, 0.1) is 11.8 Å². The van der Waals surface area contributed by atoms with E-state index >= 15 is 0 Å². The van der Waals surface area contributed by atoms with Crippen LogP contribution in [-0.4, -0.2) is 50.2 Å². The number of aliphatic hydroxyl groups excluding tert-OH is 1. The minimum absolute atomic E-state index is 0.101. The third-order valence-corrected chi connectivity index (χ3v) is 12.1. The van der Waals surface area contributed by atoms with Crippen LogP contribution in [0.5, 0.6) is 5.75 Å². The predicted octanol–water partition coefficient (Wildman–Crippen LogP) is 6.55. The van der Waals surface area contributed by atoms with E-state index in [0.717, 1.165) is 37.8 Å². The Morgan fingerprint density at radius 1 is 1.19 bits per heavy atom. The minimum Gasteiger partial charge on any atom is -0.490 e. The summed E-state index contributed by atoms with van der Waals surface area (Å²) in [7, 11) is -4.13. The van der Waals surface area contributed by atoms with E-state index in [1.165, 1.54) is 11.1 Å². The van der Waals surface area contributed by atoms with Crippen LogP contribution in [0.15, 0.2) is 86.1 Å². The molecular formula is C37H42ClN3O5S. The molecule has 2 aromatic carbocycles. The van der Waals surface area contributed by atoms with Gasteiger partial charge in [-0.1, -0.05) is 35.9 Å². The molecule has 3 aliphatic rings. The van der Waals surface area contributed by atoms with Gasteiger partial charge in [-0.05, 0) is 110 Å². The smallest absolute Gasteiger partial charge is 0.264 e. The summed E-state index contributed by atoms with van der Waals surface area (Å²) in [5, 5.41) is 10.3. The fourth-order valence-electron chi connectivity index (χ4n) is 7.54. The van der Waals surface area contributed by atoms with Crippen LogP contribution in [0.1, 0.15) is 71.0 Å². The van der Waals surface area contributed by atoms with Gasteiger partial charge < -0.3 is 14.7 Å². The van der Waals surface area contributed by atoms with Crippen LogP contribution in [0.25, 0.3) is 0 Å². The predicted molar refractivity (Wildman–Crippen MR) is 185 cm³/mol. The minimum atomic E-state index is -4.13. The van der Waals surface area contributed by atoms with Crippen LogP contribution in [0.4, 0.5) is 5.69 Å². The number of carbonyl (C=O) groups is 1. The Hall–Kier alpha value is -3.66. The van der Waals surface area contributed by atoms with Gasteiger partial charge in [0.15, 0.2) is 0 Å². The lowest BCUT2D eigenvalue weighted by Gasteiger charge is -2.45. The summed E-state index contributed by atoms with van der Waals surface area (Å²) in [6, 6.07) is 16.3. The van der Waals surface area contributed by atoms with Crippen molar-refractivity contribution in [3.63, 3.8) is 0 Å². The second-order valence-corrected chi connectivity index (χ2v) is 15.4. The Bertz CT molecular complexity index is 1750. The number of nitrogens with one attached hydrogen (secondary N) is 1. The number of amides is 1. The maximum absolute atomic E-state index is 13.7. The van der Waals surface area contributed by atoms with Gasteiger partial charge >= 0.3 is 0 Å². The maximum Gasteiger partial charge on any atom is 0.264 e. The first-order valence-corrected chi connectivity index (χ1v) is 18.3. The Labute approximate surface area is 282 Å². The van der Waals surface area contributed by atoms with Gasteiger partial charge in [-0.25, -0.2) is 13.1 Å². The molecule has 6 rings (SSSR count). The number of nitrogens with zero attached hydrogens (tertiary/aromatic N) is 2. The number of hydrogen-bond acceptors (Lipinski definition) is 7. The van der Waals surface area contributed by atoms with Gasteiger partial charge in [0.1, 0.15) is 11.0 Å². The lowest BCUT2D eigenvalue weighted by molar-refractivity contribution is 0.0460. The number of sulfonamides is 1. The number of hydrogen-bond donors (Lipinski definition) is 2. The van der Waals surface area contributed by atoms with Gasteiger partial charge in [0.05, 0.1) is 24.1 Å². The van der Waals surface area contributed by atoms with E-state index in [0.29, 0.717) is 42.6 Å². The van der Waals surface area contributed by atoms with Gasteiger partial charge in [-0.2, -0.15) is 0 Å². The second-order valence-electron chi connectivity index (χ2n) is 13.1. The van der Waals surface area contributed by atoms with E-state index in [-0.39, 0.29) is 29.2 Å². The molecule has 1 amide bonds. The quantitative estimate of drug-likeness (QED) is 0.222. The number of anilines is 1. The third-order valence-electron chi connectivity index (χ3n) is 10.2. The molecule has 1 aromatic heterocycles. The molecule has 0 radical (unpaired) electrons. The average Bonchev–Trinajstić information content (AvgIpc) is 3.20. The first-order valence-electron chi connectivity index (χ1n) is 16.3. The third kappa shape index (κ3) is 6.84. The summed E-state index contributed by atoms with van der Waals surface area (Å²) in [4.78, 5) is 20.2. The van der Waals surface area contributed by atoms with Crippen molar-refractivity contribution < 1.29 is 23.1 Å². The largest absolute Gasteiger partial charge is 0.490 e. The number of fused-ring (bicyclic) bond motifs is 3. The fraction of sp³-hybridized carbons (Fsp3) is 0.405. The molecule has 0 saturated heterocycles. The molecule has 8 nitrogen and oxygen atoms in total. The summed E-state index contributed by atoms with van der Waals surface area (Å²) in [6.45, 7) is 9.30. The lowest BCUT2D eigenvalue weighted by Crippen LogP contribution is -2.49. The van der Waals surface area contributed by atoms with Crippen molar-refractivity contribution in [2.45, 2.75) is 61.7 Å². The first-order chi connectivity index (χ1) is 22.6. The lowest BCUT2D eigenvalue weighted by atomic mass is 9.68. The molecule has 2 heterocycles. The van der Waals surface area contributed by atoms with Crippen molar-refractivity contribution in [2.75, 3.05) is 24.6 Å². The van der Waals surface area contributed by atoms with Crippen LogP contribution in [-0.2, 0) is 21.9 Å². The molecule has 2 aliphatic carbocycles. The number of aromatic nitrogens is 1. The molecule has 47 heavy (non-hydrogen) atoms. The van der Waals surface area contributed by atoms with Crippen LogP contribution >= 0.6 is 11.6 Å². The fourth-order valence-corrected chi connectivity index (χ4v) is 9.16. The highest BCUT2D eigenvalue weighted by Crippen LogP contribution is 2.46. The number of pyridine rings is 1. The summed E-state index contributed by atoms with van der Waals surface area (Å²) in [5.74, 6) is 0.248. The highest BCUT2D eigenvalue weighted by atomic mass is 35.5. The molecule has 2 N–H and O–H groups in total. The normalized spacial score (nSPS) is 23.2. The number of aliphatic hydroxyl groups is 1. The Balaban J connectivity index is 1.33. The number of ether oxygens (including phenoxy) is 1. The van der Waals surface area contributed by atoms with E-state index in [9.17, 15) is 18.3 Å². The van der Waals surface area contributed by atoms with Crippen molar-refractivity contribution in [3.05, 3.63) is 114 Å². The molecular weight excluding hydrogens is 634 g/mol. The number of benzene rings is 2. The molecule has 248 valence electrons. The van der Waals surface area contributed by atoms with Crippen LogP contribution in [0.2, 0.25) is 5.02 Å². The number of allylic oxidation sites excluding steroid dienone is 1. The average molecular weight is 676 g/mol. The van der Waals surface area contributed by atoms with E-state index in [1.54, 1.807) is 54.7 Å². The summed E-state index contributed by atoms with van der Waals surface area (Å²) < 4.78 is 36.1. The van der Waals surface area contributed by atoms with Crippen molar-refractivity contribution in [1.29, 1.82) is 0 Å². The van der Waals surface area contributed by atoms with Gasteiger partial charge in [0.25, 0.3) is 5.91 Å². The maximum atomic E-state index is 13.7. The van der Waals surface area contributed by atoms with Gasteiger partial charge in [0, 0.05) is 35.3 Å². The van der Waals surface area contributed by atoms with Gasteiger partial charge in [-0.15, -0.1) is 13.2 Å². The molecule has 1 saturated carbocycles. The zero-order valence-electron chi connectivity index (χ0n) is 26.5. The molecule has 1 fully saturated rings. The highest BCUT2D eigenvalue weighted by Gasteiger charge is 2.44. The molecule has 5 atom stereocenters. The Kier molecular flexibility index (Phi) is 9.78. The first kappa shape index (κ1) is 33.2. The highest BCUT2D eigenvalue weighted by molar-refractivity contribution is 7.90. The van der Waals surface area contributed by atoms with Crippen molar-refractivity contribution in [2.24, 2.45) is 11.8 Å². The SMILES string of the molecule is C=CCC[C@@H](c1ccccn1)S(=O)(=O)NC(=O)c1ccc2c(c1)N(C[C@@H]1CC[C@H]1[C@@H](O)C=C)C[C@@]1(CCCc3cc(Cl)ccc31)CO2. The molecule has 0 unspecified atom stereocenters. The molecule has 0 bridgehead atoms. The van der Waals surface area contributed by atoms with Crippen LogP contribution in [0.3, 0.4) is 0 Å². The monoisotopic (exact) mass is 675 g/mol. The number of aryl methyl sites for hydroxylation is 1. The Morgan fingerprint density at radius 2 is 2.04 bits per heavy atom. The molecule has 10 heteroatoms. The van der Waals surface area contributed by atoms with Crippen molar-refractivity contribution in [1.82, 2.24) is 9.71 Å². The zero-order valence-corrected chi connectivity index (χ0v) is 28.1. The van der Waals surface area contributed by atoms with E-state index in [4.69, 9.17) is 16.3 Å². The molecule has 1 spiro atoms. The number of rotatable bonds is 11. The molecule has 1 aliphatic heterocycles. The van der Waals surface area contributed by atoms with Crippen LogP contribution < -0.4 is 14.4 Å². The zero-order chi connectivity index (χ0) is 33.2. The number of halogens is 1. The van der Waals surface area contributed by atoms with Gasteiger partial charge in [-0.3, -0.25) is 9.78 Å². The standard InChI is InChI=1S/C37H42ClN3O5S/c1-3-5-11-35(31-10-6-7-19-39-31)47(44,45)40-36(43)26-13-17-34-32(21-26)41(22-27-12-15-29(27)33(42)4-2)23-37(24-46-34)18-8-9-25-20-28(38)14-16-30(25)37/h3-4,6-7,10,13-14,16-17,19-21,27,29,33,35,42H,1-2,5,8-9,11-12,15,18,22-24H2,(H,40,43)/t27-,29+,33-,35-,37-/m0/s1. The number of carbonyl (C=O) groups excluding carboxylic acids is 1. The Morgan fingerprint density at radius 3 is 2.77 bits per heavy atom. The van der Waals surface area contributed by atoms with Gasteiger partial charge in [0.2, 0.25) is 10.0 Å². The topological polar surface area (TPSA) is 109 Å². The molecule has 3 aromatic rings. The summed E-state index contributed by atoms with van der Waals surface area (Å²) in [5.41, 5.74) is 3.47. The van der Waals surface area contributed by atoms with Crippen molar-refractivity contribution in [3.8, 4) is 5.75 Å². The van der Waals surface area contributed by atoms with Crippen molar-refractivity contribution >= 4 is 33.2 Å². The van der Waals surface area contributed by atoms with E-state index in [1.807, 2.05) is 6.07 Å². The van der Waals surface area contributed by atoms with E-state index < -0.39 is 27.3 Å². The summed E-state index contributed by atoms with van der Waals surface area (Å²) in [6.07, 6.45) is 9.67. The summed E-state index contributed by atoms with van der Waals surface area (Å²) >= 11 is 6.40. The second kappa shape index (κ2) is 13.8.